The van der Waals surface area contributed by atoms with Gasteiger partial charge in [-0.15, -0.1) is 11.3 Å². The van der Waals surface area contributed by atoms with Crippen LogP contribution in [0.2, 0.25) is 0 Å². The molecule has 5 nitrogen and oxygen atoms in total. The Bertz CT molecular complexity index is 668. The van der Waals surface area contributed by atoms with Gasteiger partial charge < -0.3 is 5.32 Å². The van der Waals surface area contributed by atoms with Crippen molar-refractivity contribution in [3.63, 3.8) is 0 Å². The van der Waals surface area contributed by atoms with Gasteiger partial charge in [-0.1, -0.05) is 19.3 Å². The Morgan fingerprint density at radius 2 is 1.91 bits per heavy atom. The van der Waals surface area contributed by atoms with E-state index in [-0.39, 0.29) is 11.9 Å². The lowest BCUT2D eigenvalue weighted by Crippen LogP contribution is -2.49. The first-order chi connectivity index (χ1) is 11.0. The Morgan fingerprint density at radius 1 is 1.17 bits per heavy atom. The summed E-state index contributed by atoms with van der Waals surface area (Å²) in [5.41, 5.74) is 0. The van der Waals surface area contributed by atoms with E-state index in [9.17, 15) is 13.2 Å². The van der Waals surface area contributed by atoms with Gasteiger partial charge in [-0.3, -0.25) is 4.79 Å². The fourth-order valence-corrected chi connectivity index (χ4v) is 7.18. The highest BCUT2D eigenvalue weighted by Gasteiger charge is 2.40. The van der Waals surface area contributed by atoms with E-state index in [0.29, 0.717) is 17.2 Å². The molecule has 1 amide bonds. The summed E-state index contributed by atoms with van der Waals surface area (Å²) in [5, 5.41) is 3.07. The molecule has 23 heavy (non-hydrogen) atoms. The average Bonchev–Trinajstić information content (AvgIpc) is 3.17. The molecular weight excluding hydrogens is 400 g/mol. The van der Waals surface area contributed by atoms with Crippen LogP contribution in [-0.2, 0) is 14.8 Å². The zero-order valence-corrected chi connectivity index (χ0v) is 16.1. The molecule has 2 aliphatic rings. The number of hydrogen-bond acceptors (Lipinski definition) is 4. The zero-order valence-electron chi connectivity index (χ0n) is 12.8. The van der Waals surface area contributed by atoms with Gasteiger partial charge in [-0.25, -0.2) is 8.42 Å². The second kappa shape index (κ2) is 7.21. The third kappa shape index (κ3) is 3.81. The number of carbonyl (C=O) groups excluding carboxylic acids is 1. The fraction of sp³-hybridized carbons (Fsp3) is 0.667. The van der Waals surface area contributed by atoms with Crippen molar-refractivity contribution in [2.75, 3.05) is 6.54 Å². The van der Waals surface area contributed by atoms with Gasteiger partial charge in [0, 0.05) is 12.6 Å². The van der Waals surface area contributed by atoms with Crippen LogP contribution in [0.3, 0.4) is 0 Å². The molecule has 1 N–H and O–H groups in total. The van der Waals surface area contributed by atoms with Gasteiger partial charge in [-0.05, 0) is 53.7 Å². The van der Waals surface area contributed by atoms with E-state index < -0.39 is 16.1 Å². The van der Waals surface area contributed by atoms with E-state index in [0.717, 1.165) is 35.9 Å². The molecule has 1 aliphatic carbocycles. The molecule has 1 aromatic rings. The van der Waals surface area contributed by atoms with E-state index in [4.69, 9.17) is 0 Å². The minimum absolute atomic E-state index is 0.131. The SMILES string of the molecule is O=C(NC1CCCCC1)[C@@H]1CCCN1S(=O)(=O)c1ccc(Br)s1. The van der Waals surface area contributed by atoms with Crippen LogP contribution in [0, 0.1) is 0 Å². The predicted octanol–water partition coefficient (Wildman–Crippen LogP) is 3.11. The quantitative estimate of drug-likeness (QED) is 0.813. The van der Waals surface area contributed by atoms with Gasteiger partial charge in [0.2, 0.25) is 5.91 Å². The number of amides is 1. The molecule has 0 spiro atoms. The summed E-state index contributed by atoms with van der Waals surface area (Å²) in [4.78, 5) is 12.6. The molecule has 2 heterocycles. The molecule has 1 saturated heterocycles. The molecule has 1 aromatic heterocycles. The summed E-state index contributed by atoms with van der Waals surface area (Å²) in [7, 11) is -3.59. The van der Waals surface area contributed by atoms with E-state index in [1.165, 1.54) is 22.1 Å². The molecule has 3 rings (SSSR count). The molecule has 1 atom stereocenters. The maximum atomic E-state index is 12.8. The van der Waals surface area contributed by atoms with E-state index in [1.54, 1.807) is 12.1 Å². The van der Waals surface area contributed by atoms with Gasteiger partial charge >= 0.3 is 0 Å². The number of carbonyl (C=O) groups is 1. The average molecular weight is 421 g/mol. The van der Waals surface area contributed by atoms with Crippen LogP contribution < -0.4 is 5.32 Å². The van der Waals surface area contributed by atoms with Gasteiger partial charge in [0.25, 0.3) is 10.0 Å². The number of hydrogen-bond donors (Lipinski definition) is 1. The third-order valence-corrected chi connectivity index (χ3v) is 8.57. The number of nitrogens with one attached hydrogen (secondary N) is 1. The Hall–Kier alpha value is -0.440. The Kier molecular flexibility index (Phi) is 5.45. The number of nitrogens with zero attached hydrogens (tertiary/aromatic N) is 1. The van der Waals surface area contributed by atoms with Crippen LogP contribution in [0.5, 0.6) is 0 Å². The molecule has 0 unspecified atom stereocenters. The van der Waals surface area contributed by atoms with Crippen LogP contribution in [-0.4, -0.2) is 37.3 Å². The standard InChI is InChI=1S/C15H21BrN2O3S2/c16-13-8-9-14(22-13)23(20,21)18-10-4-7-12(18)15(19)17-11-5-2-1-3-6-11/h8-9,11-12H,1-7,10H2,(H,17,19)/t12-/m0/s1. The van der Waals surface area contributed by atoms with Crippen LogP contribution in [0.1, 0.15) is 44.9 Å². The van der Waals surface area contributed by atoms with Crippen LogP contribution in [0.25, 0.3) is 0 Å². The van der Waals surface area contributed by atoms with Crippen LogP contribution in [0.4, 0.5) is 0 Å². The van der Waals surface area contributed by atoms with Crippen molar-refractivity contribution in [2.45, 2.75) is 61.2 Å². The second-order valence-corrected chi connectivity index (χ2v) is 10.8. The molecule has 1 aliphatic heterocycles. The topological polar surface area (TPSA) is 66.5 Å². The van der Waals surface area contributed by atoms with Crippen molar-refractivity contribution < 1.29 is 13.2 Å². The van der Waals surface area contributed by atoms with Crippen LogP contribution in [0.15, 0.2) is 20.1 Å². The van der Waals surface area contributed by atoms with Gasteiger partial charge in [0.15, 0.2) is 0 Å². The molecule has 1 saturated carbocycles. The fourth-order valence-electron chi connectivity index (χ4n) is 3.39. The van der Waals surface area contributed by atoms with Crippen molar-refractivity contribution in [3.8, 4) is 0 Å². The Labute approximate surface area is 149 Å². The molecule has 0 radical (unpaired) electrons. The van der Waals surface area contributed by atoms with Crippen molar-refractivity contribution >= 4 is 43.2 Å². The molecule has 8 heteroatoms. The molecular formula is C15H21BrN2O3S2. The summed E-state index contributed by atoms with van der Waals surface area (Å²) in [6.45, 7) is 0.417. The highest BCUT2D eigenvalue weighted by Crippen LogP contribution is 2.32. The smallest absolute Gasteiger partial charge is 0.253 e. The van der Waals surface area contributed by atoms with Crippen molar-refractivity contribution in [3.05, 3.63) is 15.9 Å². The minimum Gasteiger partial charge on any atom is -0.352 e. The summed E-state index contributed by atoms with van der Waals surface area (Å²) in [5.74, 6) is -0.131. The van der Waals surface area contributed by atoms with Gasteiger partial charge in [0.05, 0.1) is 3.79 Å². The van der Waals surface area contributed by atoms with E-state index in [2.05, 4.69) is 21.2 Å². The zero-order chi connectivity index (χ0) is 16.4. The maximum absolute atomic E-state index is 12.8. The predicted molar refractivity (Wildman–Crippen MR) is 93.9 cm³/mol. The lowest BCUT2D eigenvalue weighted by molar-refractivity contribution is -0.125. The summed E-state index contributed by atoms with van der Waals surface area (Å²) < 4.78 is 28.0. The molecule has 0 aromatic carbocycles. The lowest BCUT2D eigenvalue weighted by atomic mass is 9.95. The second-order valence-electron chi connectivity index (χ2n) is 6.18. The normalized spacial score (nSPS) is 24.0. The summed E-state index contributed by atoms with van der Waals surface area (Å²) in [6.07, 6.45) is 6.84. The first kappa shape index (κ1) is 17.4. The first-order valence-electron chi connectivity index (χ1n) is 8.06. The maximum Gasteiger partial charge on any atom is 0.253 e. The minimum atomic E-state index is -3.59. The summed E-state index contributed by atoms with van der Waals surface area (Å²) >= 11 is 4.49. The number of rotatable bonds is 4. The highest BCUT2D eigenvalue weighted by molar-refractivity contribution is 9.11. The monoisotopic (exact) mass is 420 g/mol. The number of halogens is 1. The Morgan fingerprint density at radius 3 is 2.57 bits per heavy atom. The van der Waals surface area contributed by atoms with Crippen molar-refractivity contribution in [2.24, 2.45) is 0 Å². The van der Waals surface area contributed by atoms with Crippen LogP contribution >= 0.6 is 27.3 Å². The van der Waals surface area contributed by atoms with Crippen molar-refractivity contribution in [1.29, 1.82) is 0 Å². The Balaban J connectivity index is 1.73. The van der Waals surface area contributed by atoms with Gasteiger partial charge in [-0.2, -0.15) is 4.31 Å². The lowest BCUT2D eigenvalue weighted by Gasteiger charge is -2.27. The first-order valence-corrected chi connectivity index (χ1v) is 11.1. The summed E-state index contributed by atoms with van der Waals surface area (Å²) in [6, 6.07) is 2.96. The van der Waals surface area contributed by atoms with E-state index in [1.807, 2.05) is 0 Å². The molecule has 0 bridgehead atoms. The molecule has 128 valence electrons. The number of sulfonamides is 1. The third-order valence-electron chi connectivity index (χ3n) is 4.57. The van der Waals surface area contributed by atoms with E-state index >= 15 is 0 Å². The number of thiophene rings is 1. The largest absolute Gasteiger partial charge is 0.352 e. The molecule has 2 fully saturated rings. The highest BCUT2D eigenvalue weighted by atomic mass is 79.9. The van der Waals surface area contributed by atoms with Gasteiger partial charge in [0.1, 0.15) is 10.3 Å². The van der Waals surface area contributed by atoms with Crippen molar-refractivity contribution in [1.82, 2.24) is 9.62 Å².